The van der Waals surface area contributed by atoms with E-state index < -0.39 is 4.92 Å². The second-order valence-electron chi connectivity index (χ2n) is 4.73. The van der Waals surface area contributed by atoms with Gasteiger partial charge in [-0.3, -0.25) is 14.9 Å². The predicted octanol–water partition coefficient (Wildman–Crippen LogP) is 3.98. The summed E-state index contributed by atoms with van der Waals surface area (Å²) in [5.74, 6) is 0.924. The number of nitro groups is 1. The Labute approximate surface area is 139 Å². The third kappa shape index (κ3) is 3.24. The van der Waals surface area contributed by atoms with Gasteiger partial charge >= 0.3 is 0 Å². The van der Waals surface area contributed by atoms with Crippen molar-refractivity contribution in [2.75, 3.05) is 6.79 Å². The summed E-state index contributed by atoms with van der Waals surface area (Å²) in [6, 6.07) is 9.13. The van der Waals surface area contributed by atoms with Crippen molar-refractivity contribution < 1.29 is 19.2 Å². The maximum Gasteiger partial charge on any atom is 0.270 e. The van der Waals surface area contributed by atoms with E-state index in [0.717, 1.165) is 10.0 Å². The third-order valence-electron chi connectivity index (χ3n) is 3.25. The number of ether oxygens (including phenoxy) is 2. The first-order valence-corrected chi connectivity index (χ1v) is 7.40. The van der Waals surface area contributed by atoms with E-state index in [-0.39, 0.29) is 23.8 Å². The van der Waals surface area contributed by atoms with Gasteiger partial charge in [-0.15, -0.1) is 0 Å². The van der Waals surface area contributed by atoms with Crippen LogP contribution in [0, 0.1) is 10.1 Å². The second kappa shape index (κ2) is 6.21. The van der Waals surface area contributed by atoms with Crippen molar-refractivity contribution in [2.45, 2.75) is 0 Å². The molecule has 0 N–H and O–H groups in total. The van der Waals surface area contributed by atoms with Gasteiger partial charge in [0.25, 0.3) is 5.69 Å². The Morgan fingerprint density at radius 1 is 1.22 bits per heavy atom. The van der Waals surface area contributed by atoms with Gasteiger partial charge in [0, 0.05) is 22.2 Å². The zero-order valence-electron chi connectivity index (χ0n) is 11.7. The number of halogens is 1. The van der Waals surface area contributed by atoms with E-state index >= 15 is 0 Å². The molecule has 0 amide bonds. The number of nitrogens with zero attached hydrogens (tertiary/aromatic N) is 1. The molecule has 0 bridgehead atoms. The highest BCUT2D eigenvalue weighted by Crippen LogP contribution is 2.37. The molecule has 1 aliphatic heterocycles. The van der Waals surface area contributed by atoms with E-state index in [1.54, 1.807) is 18.2 Å². The Bertz CT molecular complexity index is 831. The van der Waals surface area contributed by atoms with E-state index in [9.17, 15) is 14.9 Å². The van der Waals surface area contributed by atoms with Gasteiger partial charge in [0.1, 0.15) is 0 Å². The molecule has 23 heavy (non-hydrogen) atoms. The van der Waals surface area contributed by atoms with E-state index in [4.69, 9.17) is 9.47 Å². The molecule has 116 valence electrons. The summed E-state index contributed by atoms with van der Waals surface area (Å²) in [4.78, 5) is 22.4. The molecule has 1 heterocycles. The average Bonchev–Trinajstić information content (AvgIpc) is 2.99. The lowest BCUT2D eigenvalue weighted by molar-refractivity contribution is -0.384. The maximum absolute atomic E-state index is 12.2. The molecular formula is C16H10BrNO5. The second-order valence-corrected chi connectivity index (χ2v) is 5.59. The van der Waals surface area contributed by atoms with E-state index in [2.05, 4.69) is 15.9 Å². The molecule has 0 spiro atoms. The van der Waals surface area contributed by atoms with E-state index in [1.165, 1.54) is 30.3 Å². The van der Waals surface area contributed by atoms with Gasteiger partial charge in [-0.1, -0.05) is 28.1 Å². The van der Waals surface area contributed by atoms with E-state index in [0.29, 0.717) is 11.5 Å². The van der Waals surface area contributed by atoms with Crippen LogP contribution in [-0.2, 0) is 0 Å². The smallest absolute Gasteiger partial charge is 0.270 e. The first kappa shape index (κ1) is 15.2. The molecule has 2 aromatic carbocycles. The lowest BCUT2D eigenvalue weighted by atomic mass is 10.1. The topological polar surface area (TPSA) is 78.7 Å². The van der Waals surface area contributed by atoms with Crippen LogP contribution in [-0.4, -0.2) is 17.5 Å². The summed E-state index contributed by atoms with van der Waals surface area (Å²) >= 11 is 3.40. The summed E-state index contributed by atoms with van der Waals surface area (Å²) in [7, 11) is 0. The van der Waals surface area contributed by atoms with Crippen LogP contribution in [0.15, 0.2) is 46.9 Å². The van der Waals surface area contributed by atoms with Crippen molar-refractivity contribution in [1.29, 1.82) is 0 Å². The molecule has 3 rings (SSSR count). The zero-order valence-corrected chi connectivity index (χ0v) is 13.3. The Kier molecular flexibility index (Phi) is 4.12. The largest absolute Gasteiger partial charge is 0.454 e. The highest BCUT2D eigenvalue weighted by atomic mass is 79.9. The van der Waals surface area contributed by atoms with Crippen molar-refractivity contribution in [3.05, 3.63) is 68.2 Å². The number of carbonyl (C=O) groups excluding carboxylic acids is 1. The number of non-ortho nitro benzene ring substituents is 1. The Balaban J connectivity index is 1.84. The van der Waals surface area contributed by atoms with Gasteiger partial charge in [0.05, 0.1) is 4.92 Å². The van der Waals surface area contributed by atoms with Gasteiger partial charge in [-0.2, -0.15) is 0 Å². The molecule has 0 fully saturated rings. The van der Waals surface area contributed by atoms with Crippen LogP contribution < -0.4 is 9.47 Å². The highest BCUT2D eigenvalue weighted by molar-refractivity contribution is 9.10. The minimum absolute atomic E-state index is 0.117. The number of carbonyl (C=O) groups is 1. The van der Waals surface area contributed by atoms with Crippen LogP contribution in [0.1, 0.15) is 15.9 Å². The highest BCUT2D eigenvalue weighted by Gasteiger charge is 2.15. The van der Waals surface area contributed by atoms with Crippen LogP contribution in [0.5, 0.6) is 11.5 Å². The van der Waals surface area contributed by atoms with Gasteiger partial charge in [0.15, 0.2) is 17.3 Å². The van der Waals surface area contributed by atoms with Crippen molar-refractivity contribution in [1.82, 2.24) is 0 Å². The molecule has 0 saturated carbocycles. The number of benzene rings is 2. The number of fused-ring (bicyclic) bond motifs is 1. The lowest BCUT2D eigenvalue weighted by Crippen LogP contribution is -1.96. The van der Waals surface area contributed by atoms with Crippen LogP contribution in [0.4, 0.5) is 5.69 Å². The molecule has 0 atom stereocenters. The average molecular weight is 376 g/mol. The standard InChI is InChI=1S/C16H10BrNO5/c17-13-8-16-15(22-9-23-16)7-10(13)4-5-14(19)11-2-1-3-12(6-11)18(20)21/h1-8H,9H2. The van der Waals surface area contributed by atoms with Crippen LogP contribution >= 0.6 is 15.9 Å². The molecule has 0 aliphatic carbocycles. The van der Waals surface area contributed by atoms with Crippen LogP contribution in [0.2, 0.25) is 0 Å². The Morgan fingerprint density at radius 3 is 2.70 bits per heavy atom. The van der Waals surface area contributed by atoms with Gasteiger partial charge in [-0.25, -0.2) is 0 Å². The van der Waals surface area contributed by atoms with Crippen LogP contribution in [0.3, 0.4) is 0 Å². The quantitative estimate of drug-likeness (QED) is 0.349. The summed E-state index contributed by atoms with van der Waals surface area (Å²) < 4.78 is 11.3. The molecule has 1 aliphatic rings. The van der Waals surface area contributed by atoms with Gasteiger partial charge in [-0.05, 0) is 29.8 Å². The minimum atomic E-state index is -0.533. The molecule has 6 nitrogen and oxygen atoms in total. The molecule has 2 aromatic rings. The molecule has 0 radical (unpaired) electrons. The normalized spacial score (nSPS) is 12.6. The maximum atomic E-state index is 12.2. The van der Waals surface area contributed by atoms with Crippen molar-refractivity contribution >= 4 is 33.5 Å². The SMILES string of the molecule is O=C(C=Cc1cc2c(cc1Br)OCO2)c1cccc([N+](=O)[O-])c1. The summed E-state index contributed by atoms with van der Waals surface area (Å²) in [5, 5.41) is 10.8. The Morgan fingerprint density at radius 2 is 1.96 bits per heavy atom. The van der Waals surface area contributed by atoms with Gasteiger partial charge in [0.2, 0.25) is 6.79 Å². The van der Waals surface area contributed by atoms with Crippen molar-refractivity contribution in [3.63, 3.8) is 0 Å². The summed E-state index contributed by atoms with van der Waals surface area (Å²) in [5.41, 5.74) is 0.883. The van der Waals surface area contributed by atoms with Crippen molar-refractivity contribution in [3.8, 4) is 11.5 Å². The van der Waals surface area contributed by atoms with Crippen molar-refractivity contribution in [2.24, 2.45) is 0 Å². The fourth-order valence-electron chi connectivity index (χ4n) is 2.10. The molecule has 0 saturated heterocycles. The number of rotatable bonds is 4. The minimum Gasteiger partial charge on any atom is -0.454 e. The summed E-state index contributed by atoms with van der Waals surface area (Å²) in [6.45, 7) is 0.168. The number of hydrogen-bond donors (Lipinski definition) is 0. The monoisotopic (exact) mass is 375 g/mol. The number of ketones is 1. The fraction of sp³-hybridized carbons (Fsp3) is 0.0625. The third-order valence-corrected chi connectivity index (χ3v) is 3.93. The summed E-state index contributed by atoms with van der Waals surface area (Å²) in [6.07, 6.45) is 2.98. The van der Waals surface area contributed by atoms with E-state index in [1.807, 2.05) is 0 Å². The zero-order chi connectivity index (χ0) is 16.4. The first-order valence-electron chi connectivity index (χ1n) is 6.60. The van der Waals surface area contributed by atoms with Gasteiger partial charge < -0.3 is 9.47 Å². The molecule has 0 aromatic heterocycles. The number of hydrogen-bond acceptors (Lipinski definition) is 5. The van der Waals surface area contributed by atoms with Crippen LogP contribution in [0.25, 0.3) is 6.08 Å². The first-order chi connectivity index (χ1) is 11.0. The molecular weight excluding hydrogens is 366 g/mol. The number of allylic oxidation sites excluding steroid dienone is 1. The fourth-order valence-corrected chi connectivity index (χ4v) is 2.55. The lowest BCUT2D eigenvalue weighted by Gasteiger charge is -2.02. The molecule has 0 unspecified atom stereocenters. The Hall–Kier alpha value is -2.67. The number of nitro benzene ring substituents is 1. The molecule has 7 heteroatoms. The predicted molar refractivity (Wildman–Crippen MR) is 86.7 cm³/mol.